The highest BCUT2D eigenvalue weighted by Gasteiger charge is 2.27. The van der Waals surface area contributed by atoms with Crippen LogP contribution in [0.1, 0.15) is 48.2 Å². The topological polar surface area (TPSA) is 68.5 Å². The Hall–Kier alpha value is -1.43. The Morgan fingerprint density at radius 3 is 2.61 bits per heavy atom. The second-order valence-electron chi connectivity index (χ2n) is 4.83. The van der Waals surface area contributed by atoms with Crippen molar-refractivity contribution in [1.82, 2.24) is 15.1 Å². The van der Waals surface area contributed by atoms with Gasteiger partial charge in [0.2, 0.25) is 5.89 Å². The Bertz CT molecular complexity index is 420. The van der Waals surface area contributed by atoms with E-state index in [1.807, 2.05) is 0 Å². The first-order valence-corrected chi connectivity index (χ1v) is 6.55. The van der Waals surface area contributed by atoms with Crippen LogP contribution >= 0.6 is 0 Å². The number of ether oxygens (including phenoxy) is 1. The smallest absolute Gasteiger partial charge is 0.311 e. The third-order valence-electron chi connectivity index (χ3n) is 3.59. The molecule has 0 aliphatic carbocycles. The highest BCUT2D eigenvalue weighted by Crippen LogP contribution is 2.26. The van der Waals surface area contributed by atoms with Gasteiger partial charge in [-0.2, -0.15) is 0 Å². The van der Waals surface area contributed by atoms with Crippen LogP contribution in [0.3, 0.4) is 0 Å². The van der Waals surface area contributed by atoms with Gasteiger partial charge in [0, 0.05) is 32.2 Å². The van der Waals surface area contributed by atoms with E-state index in [9.17, 15) is 4.79 Å². The fraction of sp³-hybridized carbons (Fsp3) is 0.750. The Balaban J connectivity index is 1.70. The highest BCUT2D eigenvalue weighted by molar-refractivity contribution is 5.89. The van der Waals surface area contributed by atoms with Crippen molar-refractivity contribution in [2.75, 3.05) is 26.3 Å². The minimum Gasteiger partial charge on any atom is -0.417 e. The maximum atomic E-state index is 12.0. The molecular weight excluding hydrogens is 234 g/mol. The van der Waals surface area contributed by atoms with Gasteiger partial charge in [-0.25, -0.2) is 0 Å². The Morgan fingerprint density at radius 1 is 1.17 bits per heavy atom. The number of carbonyl (C=O) groups is 1. The largest absolute Gasteiger partial charge is 0.417 e. The van der Waals surface area contributed by atoms with Crippen LogP contribution < -0.4 is 0 Å². The number of carbonyl (C=O) groups excluding carboxylic acids is 1. The van der Waals surface area contributed by atoms with Crippen molar-refractivity contribution in [3.63, 3.8) is 0 Å². The molecule has 98 valence electrons. The van der Waals surface area contributed by atoms with E-state index in [1.54, 1.807) is 4.90 Å². The summed E-state index contributed by atoms with van der Waals surface area (Å²) >= 11 is 0. The first kappa shape index (κ1) is 11.6. The van der Waals surface area contributed by atoms with Gasteiger partial charge in [0.15, 0.2) is 0 Å². The summed E-state index contributed by atoms with van der Waals surface area (Å²) in [6.07, 6.45) is 3.90. The van der Waals surface area contributed by atoms with Crippen LogP contribution in [-0.4, -0.2) is 47.3 Å². The first-order chi connectivity index (χ1) is 8.84. The number of rotatable bonds is 2. The molecule has 0 atom stereocenters. The van der Waals surface area contributed by atoms with Crippen LogP contribution in [0, 0.1) is 0 Å². The molecular formula is C12H17N3O3. The number of nitrogens with zero attached hydrogens (tertiary/aromatic N) is 3. The highest BCUT2D eigenvalue weighted by atomic mass is 16.5. The molecule has 18 heavy (non-hydrogen) atoms. The average Bonchev–Trinajstić information content (AvgIpc) is 3.10. The zero-order valence-electron chi connectivity index (χ0n) is 10.3. The average molecular weight is 251 g/mol. The van der Waals surface area contributed by atoms with Gasteiger partial charge < -0.3 is 14.1 Å². The predicted octanol–water partition coefficient (Wildman–Crippen LogP) is 1.20. The van der Waals surface area contributed by atoms with Crippen molar-refractivity contribution >= 4 is 5.91 Å². The predicted molar refractivity (Wildman–Crippen MR) is 62.2 cm³/mol. The van der Waals surface area contributed by atoms with Crippen molar-refractivity contribution in [3.8, 4) is 0 Å². The van der Waals surface area contributed by atoms with Gasteiger partial charge in [-0.3, -0.25) is 4.79 Å². The van der Waals surface area contributed by atoms with Crippen LogP contribution in [0.25, 0.3) is 0 Å². The summed E-state index contributed by atoms with van der Waals surface area (Å²) in [6.45, 7) is 3.05. The SMILES string of the molecule is O=C(c1nnc(C2CCOCC2)o1)N1CCCC1. The molecule has 3 rings (SSSR count). The minimum atomic E-state index is -0.127. The van der Waals surface area contributed by atoms with Gasteiger partial charge in [0.1, 0.15) is 0 Å². The van der Waals surface area contributed by atoms with Crippen molar-refractivity contribution in [3.05, 3.63) is 11.8 Å². The summed E-state index contributed by atoms with van der Waals surface area (Å²) in [5.41, 5.74) is 0. The van der Waals surface area contributed by atoms with Crippen LogP contribution in [0.5, 0.6) is 0 Å². The van der Waals surface area contributed by atoms with E-state index < -0.39 is 0 Å². The summed E-state index contributed by atoms with van der Waals surface area (Å²) in [5, 5.41) is 7.90. The van der Waals surface area contributed by atoms with E-state index >= 15 is 0 Å². The standard InChI is InChI=1S/C12H17N3O3/c16-12(15-5-1-2-6-15)11-14-13-10(18-11)9-3-7-17-8-4-9/h9H,1-8H2. The molecule has 1 aromatic heterocycles. The summed E-state index contributed by atoms with van der Waals surface area (Å²) in [4.78, 5) is 13.8. The molecule has 0 saturated carbocycles. The molecule has 1 aromatic rings. The van der Waals surface area contributed by atoms with Gasteiger partial charge in [-0.1, -0.05) is 0 Å². The summed E-state index contributed by atoms with van der Waals surface area (Å²) < 4.78 is 10.8. The molecule has 6 heteroatoms. The van der Waals surface area contributed by atoms with Gasteiger partial charge in [-0.05, 0) is 25.7 Å². The normalized spacial score (nSPS) is 21.4. The molecule has 6 nitrogen and oxygen atoms in total. The number of amides is 1. The molecule has 1 amide bonds. The lowest BCUT2D eigenvalue weighted by Gasteiger charge is -2.18. The van der Waals surface area contributed by atoms with Crippen molar-refractivity contribution in [2.24, 2.45) is 0 Å². The minimum absolute atomic E-state index is 0.127. The summed E-state index contributed by atoms with van der Waals surface area (Å²) in [6, 6.07) is 0. The number of hydrogen-bond donors (Lipinski definition) is 0. The molecule has 2 aliphatic rings. The molecule has 2 aliphatic heterocycles. The molecule has 0 spiro atoms. The van der Waals surface area contributed by atoms with Crippen LogP contribution in [0.15, 0.2) is 4.42 Å². The van der Waals surface area contributed by atoms with Gasteiger partial charge >= 0.3 is 11.8 Å². The molecule has 2 saturated heterocycles. The molecule has 3 heterocycles. The zero-order chi connectivity index (χ0) is 12.4. The number of hydrogen-bond acceptors (Lipinski definition) is 5. The van der Waals surface area contributed by atoms with Crippen LogP contribution in [-0.2, 0) is 4.74 Å². The molecule has 0 radical (unpaired) electrons. The third kappa shape index (κ3) is 2.25. The molecule has 0 bridgehead atoms. The second kappa shape index (κ2) is 5.06. The Labute approximate surface area is 105 Å². The third-order valence-corrected chi connectivity index (χ3v) is 3.59. The van der Waals surface area contributed by atoms with E-state index in [2.05, 4.69) is 10.2 Å². The lowest BCUT2D eigenvalue weighted by molar-refractivity contribution is 0.0725. The Kier molecular flexibility index (Phi) is 3.27. The summed E-state index contributed by atoms with van der Waals surface area (Å²) in [5.74, 6) is 0.837. The van der Waals surface area contributed by atoms with Crippen molar-refractivity contribution < 1.29 is 13.9 Å². The first-order valence-electron chi connectivity index (χ1n) is 6.55. The van der Waals surface area contributed by atoms with E-state index in [0.717, 1.165) is 52.0 Å². The van der Waals surface area contributed by atoms with E-state index in [0.29, 0.717) is 5.89 Å². The summed E-state index contributed by atoms with van der Waals surface area (Å²) in [7, 11) is 0. The van der Waals surface area contributed by atoms with Gasteiger partial charge in [0.05, 0.1) is 0 Å². The van der Waals surface area contributed by atoms with E-state index in [1.165, 1.54) is 0 Å². The molecule has 0 unspecified atom stereocenters. The zero-order valence-corrected chi connectivity index (χ0v) is 10.3. The number of aromatic nitrogens is 2. The maximum absolute atomic E-state index is 12.0. The Morgan fingerprint density at radius 2 is 1.89 bits per heavy atom. The van der Waals surface area contributed by atoms with E-state index in [-0.39, 0.29) is 17.7 Å². The fourth-order valence-electron chi connectivity index (χ4n) is 2.49. The monoisotopic (exact) mass is 251 g/mol. The van der Waals surface area contributed by atoms with Crippen LogP contribution in [0.4, 0.5) is 0 Å². The van der Waals surface area contributed by atoms with Gasteiger partial charge in [-0.15, -0.1) is 10.2 Å². The van der Waals surface area contributed by atoms with Crippen molar-refractivity contribution in [2.45, 2.75) is 31.6 Å². The van der Waals surface area contributed by atoms with Crippen molar-refractivity contribution in [1.29, 1.82) is 0 Å². The van der Waals surface area contributed by atoms with Gasteiger partial charge in [0.25, 0.3) is 0 Å². The van der Waals surface area contributed by atoms with Crippen LogP contribution in [0.2, 0.25) is 0 Å². The van der Waals surface area contributed by atoms with E-state index in [4.69, 9.17) is 9.15 Å². The lowest BCUT2D eigenvalue weighted by atomic mass is 10.0. The maximum Gasteiger partial charge on any atom is 0.311 e. The lowest BCUT2D eigenvalue weighted by Crippen LogP contribution is -2.27. The second-order valence-corrected chi connectivity index (χ2v) is 4.83. The molecule has 0 aromatic carbocycles. The fourth-order valence-corrected chi connectivity index (χ4v) is 2.49. The molecule has 2 fully saturated rings. The quantitative estimate of drug-likeness (QED) is 0.790. The molecule has 0 N–H and O–H groups in total. The number of likely N-dealkylation sites (tertiary alicyclic amines) is 1.